The lowest BCUT2D eigenvalue weighted by molar-refractivity contribution is -0.142. The number of hydrogen-bond acceptors (Lipinski definition) is 14. The second-order valence-electron chi connectivity index (χ2n) is 11.2. The third-order valence-corrected chi connectivity index (χ3v) is 6.54. The van der Waals surface area contributed by atoms with Gasteiger partial charge >= 0.3 is 5.97 Å². The van der Waals surface area contributed by atoms with E-state index in [0.717, 1.165) is 0 Å². The van der Waals surface area contributed by atoms with E-state index in [0.29, 0.717) is 97.1 Å². The van der Waals surface area contributed by atoms with Crippen LogP contribution in [-0.4, -0.2) is 165 Å². The summed E-state index contributed by atoms with van der Waals surface area (Å²) in [4.78, 5) is 47.4. The Kier molecular flexibility index (Phi) is 29.1. The van der Waals surface area contributed by atoms with Crippen molar-refractivity contribution in [3.05, 3.63) is 29.8 Å². The van der Waals surface area contributed by atoms with Crippen LogP contribution in [0, 0.1) is 5.92 Å². The van der Waals surface area contributed by atoms with Crippen molar-refractivity contribution in [3.63, 3.8) is 0 Å². The fourth-order valence-corrected chi connectivity index (χ4v) is 3.91. The molecule has 1 unspecified atom stereocenters. The van der Waals surface area contributed by atoms with Crippen molar-refractivity contribution in [2.75, 3.05) is 131 Å². The molecule has 1 aromatic rings. The highest BCUT2D eigenvalue weighted by Gasteiger charge is 2.24. The van der Waals surface area contributed by atoms with Crippen LogP contribution in [0.1, 0.15) is 19.4 Å². The zero-order chi connectivity index (χ0) is 38.1. The molecule has 1 aromatic carbocycles. The molecule has 1 rings (SSSR count). The third kappa shape index (κ3) is 27.4. The number of carbonyl (C=O) groups is 4. The first-order valence-electron chi connectivity index (χ1n) is 17.2. The summed E-state index contributed by atoms with van der Waals surface area (Å²) in [5, 5.41) is 25.4. The van der Waals surface area contributed by atoms with Gasteiger partial charge < -0.3 is 68.8 Å². The molecule has 0 aliphatic carbocycles. The van der Waals surface area contributed by atoms with E-state index in [9.17, 15) is 19.2 Å². The van der Waals surface area contributed by atoms with Gasteiger partial charge in [0.05, 0.1) is 119 Å². The largest absolute Gasteiger partial charge is 0.480 e. The molecular formula is C34H57N3O15. The number of benzene rings is 1. The van der Waals surface area contributed by atoms with Crippen molar-refractivity contribution >= 4 is 29.4 Å². The SMILES string of the molecule is CC(C)C(NC(=O)COCCOCCOCCOCCOCCOCCOCCOCCOCC(=O)O)C(=O)NCC(=O)Nc1ccc(CO)cc1. The van der Waals surface area contributed by atoms with Crippen LogP contribution >= 0.6 is 0 Å². The number of ether oxygens (including phenoxy) is 9. The summed E-state index contributed by atoms with van der Waals surface area (Å²) >= 11 is 0. The first kappa shape index (κ1) is 46.7. The van der Waals surface area contributed by atoms with E-state index in [4.69, 9.17) is 52.8 Å². The minimum atomic E-state index is -1.01. The molecular weight excluding hydrogens is 690 g/mol. The summed E-state index contributed by atoms with van der Waals surface area (Å²) in [6.07, 6.45) is 0. The second-order valence-corrected chi connectivity index (χ2v) is 11.2. The average molecular weight is 748 g/mol. The Balaban J connectivity index is 1.89. The Hall–Kier alpha value is -3.30. The van der Waals surface area contributed by atoms with Crippen LogP contribution in [0.15, 0.2) is 24.3 Å². The van der Waals surface area contributed by atoms with Crippen molar-refractivity contribution in [3.8, 4) is 0 Å². The van der Waals surface area contributed by atoms with E-state index in [1.165, 1.54) is 0 Å². The Morgan fingerprint density at radius 2 is 0.962 bits per heavy atom. The van der Waals surface area contributed by atoms with Gasteiger partial charge in [0.15, 0.2) is 0 Å². The van der Waals surface area contributed by atoms with Gasteiger partial charge in [0.2, 0.25) is 17.7 Å². The number of aliphatic hydroxyl groups is 1. The first-order valence-corrected chi connectivity index (χ1v) is 17.2. The smallest absolute Gasteiger partial charge is 0.329 e. The molecule has 0 aliphatic heterocycles. The predicted molar refractivity (Wildman–Crippen MR) is 186 cm³/mol. The number of aliphatic hydroxyl groups excluding tert-OH is 1. The van der Waals surface area contributed by atoms with Crippen LogP contribution in [0.4, 0.5) is 5.69 Å². The van der Waals surface area contributed by atoms with Gasteiger partial charge in [-0.1, -0.05) is 26.0 Å². The predicted octanol–water partition coefficient (Wildman–Crippen LogP) is -0.392. The molecule has 298 valence electrons. The van der Waals surface area contributed by atoms with Gasteiger partial charge in [0, 0.05) is 5.69 Å². The summed E-state index contributed by atoms with van der Waals surface area (Å²) in [6.45, 7) is 8.51. The lowest BCUT2D eigenvalue weighted by Gasteiger charge is -2.21. The van der Waals surface area contributed by atoms with E-state index >= 15 is 0 Å². The molecule has 52 heavy (non-hydrogen) atoms. The van der Waals surface area contributed by atoms with Crippen LogP contribution in [0.25, 0.3) is 0 Å². The fourth-order valence-electron chi connectivity index (χ4n) is 3.91. The van der Waals surface area contributed by atoms with Crippen LogP contribution in [-0.2, 0) is 68.4 Å². The quantitative estimate of drug-likeness (QED) is 0.0557. The number of hydrogen-bond donors (Lipinski definition) is 5. The lowest BCUT2D eigenvalue weighted by Crippen LogP contribution is -2.51. The zero-order valence-electron chi connectivity index (χ0n) is 30.3. The molecule has 18 heteroatoms. The maximum Gasteiger partial charge on any atom is 0.329 e. The first-order chi connectivity index (χ1) is 25.2. The van der Waals surface area contributed by atoms with Gasteiger partial charge in [-0.3, -0.25) is 14.4 Å². The highest BCUT2D eigenvalue weighted by Crippen LogP contribution is 2.09. The van der Waals surface area contributed by atoms with Gasteiger partial charge in [-0.15, -0.1) is 0 Å². The second kappa shape index (κ2) is 32.4. The maximum absolute atomic E-state index is 12.6. The third-order valence-electron chi connectivity index (χ3n) is 6.54. The highest BCUT2D eigenvalue weighted by atomic mass is 16.6. The van der Waals surface area contributed by atoms with Gasteiger partial charge in [-0.05, 0) is 23.6 Å². The maximum atomic E-state index is 12.6. The Labute approximate surface area is 305 Å². The van der Waals surface area contributed by atoms with Crippen molar-refractivity contribution in [2.24, 2.45) is 5.92 Å². The summed E-state index contributed by atoms with van der Waals surface area (Å²) in [6, 6.07) is 5.81. The van der Waals surface area contributed by atoms with E-state index in [2.05, 4.69) is 16.0 Å². The number of amides is 3. The number of aliphatic carboxylic acids is 1. The molecule has 0 radical (unpaired) electrons. The minimum Gasteiger partial charge on any atom is -0.480 e. The van der Waals surface area contributed by atoms with Gasteiger partial charge in [-0.2, -0.15) is 0 Å². The normalized spacial score (nSPS) is 11.8. The summed E-state index contributed by atoms with van der Waals surface area (Å²) in [5.41, 5.74) is 1.24. The molecule has 0 saturated carbocycles. The Morgan fingerprint density at radius 3 is 1.33 bits per heavy atom. The molecule has 5 N–H and O–H groups in total. The van der Waals surface area contributed by atoms with Crippen molar-refractivity contribution in [2.45, 2.75) is 26.5 Å². The van der Waals surface area contributed by atoms with E-state index in [-0.39, 0.29) is 52.1 Å². The molecule has 3 amide bonds. The van der Waals surface area contributed by atoms with Gasteiger partial charge in [0.1, 0.15) is 19.3 Å². The Morgan fingerprint density at radius 1 is 0.577 bits per heavy atom. The summed E-state index contributed by atoms with van der Waals surface area (Å²) < 4.78 is 47.9. The van der Waals surface area contributed by atoms with Crippen LogP contribution < -0.4 is 16.0 Å². The summed E-state index contributed by atoms with van der Waals surface area (Å²) in [5.74, 6) is -2.62. The van der Waals surface area contributed by atoms with Crippen LogP contribution in [0.2, 0.25) is 0 Å². The summed E-state index contributed by atoms with van der Waals surface area (Å²) in [7, 11) is 0. The monoisotopic (exact) mass is 747 g/mol. The van der Waals surface area contributed by atoms with Gasteiger partial charge in [0.25, 0.3) is 0 Å². The molecule has 0 spiro atoms. The van der Waals surface area contributed by atoms with Crippen LogP contribution in [0.3, 0.4) is 0 Å². The molecule has 18 nitrogen and oxygen atoms in total. The number of carboxylic acids is 1. The molecule has 0 bridgehead atoms. The number of anilines is 1. The lowest BCUT2D eigenvalue weighted by atomic mass is 10.0. The molecule has 0 aromatic heterocycles. The van der Waals surface area contributed by atoms with Gasteiger partial charge in [-0.25, -0.2) is 4.79 Å². The number of nitrogens with one attached hydrogen (secondary N) is 3. The topological polar surface area (TPSA) is 228 Å². The van der Waals surface area contributed by atoms with E-state index in [1.54, 1.807) is 38.1 Å². The molecule has 0 fully saturated rings. The van der Waals surface area contributed by atoms with E-state index < -0.39 is 29.7 Å². The highest BCUT2D eigenvalue weighted by molar-refractivity contribution is 5.96. The molecule has 0 heterocycles. The molecule has 1 atom stereocenters. The standard InChI is InChI=1S/C34H57N3O15/c1-27(2)33(34(43)35-23-30(39)36-29-5-3-28(24-38)4-6-29)37-31(40)25-51-21-19-49-17-15-47-13-11-45-9-7-44-8-10-46-12-14-48-16-18-50-20-22-52-26-32(41)42/h3-6,27,33,38H,7-26H2,1-2H3,(H,35,43)(H,36,39)(H,37,40)(H,41,42). The number of carbonyl (C=O) groups excluding carboxylic acids is 3. The number of rotatable bonds is 35. The average Bonchev–Trinajstić information content (AvgIpc) is 3.12. The molecule has 0 saturated heterocycles. The van der Waals surface area contributed by atoms with Crippen LogP contribution in [0.5, 0.6) is 0 Å². The minimum absolute atomic E-state index is 0.101. The Bertz CT molecular complexity index is 1080. The van der Waals surface area contributed by atoms with Crippen molar-refractivity contribution in [1.82, 2.24) is 10.6 Å². The number of carboxylic acid groups (broad SMARTS) is 1. The van der Waals surface area contributed by atoms with Crippen molar-refractivity contribution in [1.29, 1.82) is 0 Å². The fraction of sp³-hybridized carbons (Fsp3) is 0.706. The van der Waals surface area contributed by atoms with Crippen molar-refractivity contribution < 1.29 is 72.0 Å². The zero-order valence-corrected chi connectivity index (χ0v) is 30.3. The molecule has 0 aliphatic rings. The van der Waals surface area contributed by atoms with E-state index in [1.807, 2.05) is 0 Å².